The molecule has 0 unspecified atom stereocenters. The first-order chi connectivity index (χ1) is 4.00. The van der Waals surface area contributed by atoms with Crippen LogP contribution in [0.15, 0.2) is 0 Å². The quantitative estimate of drug-likeness (QED) is 0.152. The van der Waals surface area contributed by atoms with Gasteiger partial charge in [-0.1, -0.05) is 12.2 Å². The fourth-order valence-corrected chi connectivity index (χ4v) is 0. The first kappa shape index (κ1) is 19.3. The fraction of sp³-hybridized carbons (Fsp3) is 0. The van der Waals surface area contributed by atoms with Gasteiger partial charge in [0, 0.05) is 0 Å². The SMILES string of the molecule is O=P(O)(O)S.OP(O)(O)=S.[H-].[K+]. The van der Waals surface area contributed by atoms with Crippen LogP contribution in [0.5, 0.6) is 0 Å². The van der Waals surface area contributed by atoms with Crippen molar-refractivity contribution in [1.82, 2.24) is 0 Å². The minimum atomic E-state index is -3.94. The molecule has 0 aliphatic rings. The smallest absolute Gasteiger partial charge is 1.00 e. The summed E-state index contributed by atoms with van der Waals surface area (Å²) in [6.45, 7) is -7.75. The molecule has 0 radical (unpaired) electrons. The maximum Gasteiger partial charge on any atom is 1.00 e. The predicted molar refractivity (Wildman–Crippen MR) is 43.1 cm³/mol. The molecule has 0 saturated heterocycles. The van der Waals surface area contributed by atoms with Crippen LogP contribution in [0.1, 0.15) is 1.43 Å². The van der Waals surface area contributed by atoms with Crippen LogP contribution < -0.4 is 51.4 Å². The van der Waals surface area contributed by atoms with E-state index < -0.39 is 13.5 Å². The molecule has 0 saturated carbocycles. The molecule has 0 amide bonds. The summed E-state index contributed by atoms with van der Waals surface area (Å²) >= 11 is 6.39. The monoisotopic (exact) mass is 268 g/mol. The first-order valence-corrected chi connectivity index (χ1v) is 6.99. The Morgan fingerprint density at radius 2 is 1.18 bits per heavy atom. The Bertz CT molecular complexity index is 136. The van der Waals surface area contributed by atoms with Crippen molar-refractivity contribution in [3.8, 4) is 0 Å². The molecule has 5 N–H and O–H groups in total. The van der Waals surface area contributed by atoms with E-state index in [-0.39, 0.29) is 52.8 Å². The number of hydrogen-bond acceptors (Lipinski definition) is 2. The van der Waals surface area contributed by atoms with Crippen LogP contribution in [-0.2, 0) is 16.4 Å². The molecular formula is H7KO6P2S2. The average molecular weight is 268 g/mol. The van der Waals surface area contributed by atoms with Crippen molar-refractivity contribution in [3.63, 3.8) is 0 Å². The largest absolute Gasteiger partial charge is 1.00 e. The van der Waals surface area contributed by atoms with Crippen LogP contribution in [-0.4, -0.2) is 24.5 Å². The molecule has 0 heterocycles. The summed E-state index contributed by atoms with van der Waals surface area (Å²) in [6, 6.07) is 0. The molecule has 0 atom stereocenters. The second-order valence-corrected chi connectivity index (χ2v) is 6.11. The minimum Gasteiger partial charge on any atom is -1.00 e. The molecular weight excluding hydrogens is 261 g/mol. The molecule has 0 aromatic rings. The molecule has 0 aliphatic carbocycles. The average Bonchev–Trinajstić information content (AvgIpc) is 1.12. The maximum atomic E-state index is 9.19. The van der Waals surface area contributed by atoms with E-state index in [2.05, 4.69) is 24.1 Å². The third kappa shape index (κ3) is 203. The van der Waals surface area contributed by atoms with Gasteiger partial charge in [-0.2, -0.15) is 0 Å². The van der Waals surface area contributed by atoms with Crippen LogP contribution in [0.25, 0.3) is 0 Å². The van der Waals surface area contributed by atoms with E-state index in [9.17, 15) is 4.57 Å². The topological polar surface area (TPSA) is 118 Å². The van der Waals surface area contributed by atoms with Gasteiger partial charge in [-0.15, -0.1) is 0 Å². The normalized spacial score (nSPS) is 10.7. The van der Waals surface area contributed by atoms with Crippen molar-refractivity contribution in [2.24, 2.45) is 0 Å². The Hall–Kier alpha value is 2.67. The minimum absolute atomic E-state index is 0. The second-order valence-electron chi connectivity index (χ2n) is 1.03. The van der Waals surface area contributed by atoms with E-state index in [0.717, 1.165) is 0 Å². The van der Waals surface area contributed by atoms with Gasteiger partial charge in [-0.25, -0.2) is 4.57 Å². The molecule has 0 spiro atoms. The third-order valence-electron chi connectivity index (χ3n) is 0. The second kappa shape index (κ2) is 8.01. The molecule has 0 aromatic heterocycles. The Morgan fingerprint density at radius 3 is 1.18 bits per heavy atom. The van der Waals surface area contributed by atoms with Crippen molar-refractivity contribution in [3.05, 3.63) is 0 Å². The van der Waals surface area contributed by atoms with Crippen LogP contribution in [0.2, 0.25) is 0 Å². The summed E-state index contributed by atoms with van der Waals surface area (Å²) in [6.07, 6.45) is 0. The van der Waals surface area contributed by atoms with Gasteiger partial charge in [0.1, 0.15) is 0 Å². The Balaban J connectivity index is -0.0000000457. The molecule has 0 aromatic carbocycles. The zero-order valence-electron chi connectivity index (χ0n) is 6.39. The van der Waals surface area contributed by atoms with E-state index in [1.165, 1.54) is 0 Å². The van der Waals surface area contributed by atoms with E-state index in [4.69, 9.17) is 24.5 Å². The summed E-state index contributed by atoms with van der Waals surface area (Å²) in [5.41, 5.74) is 0. The zero-order valence-corrected chi connectivity index (χ0v) is 12.0. The molecule has 0 fully saturated rings. The van der Waals surface area contributed by atoms with Gasteiger partial charge in [0.2, 0.25) is 0 Å². The molecule has 0 aliphatic heterocycles. The van der Waals surface area contributed by atoms with Crippen molar-refractivity contribution in [2.45, 2.75) is 0 Å². The maximum absolute atomic E-state index is 9.19. The van der Waals surface area contributed by atoms with Crippen molar-refractivity contribution < 1.29 is 81.8 Å². The number of thiol groups is 1. The van der Waals surface area contributed by atoms with Crippen molar-refractivity contribution in [1.29, 1.82) is 0 Å². The fourth-order valence-electron chi connectivity index (χ4n) is 0. The summed E-state index contributed by atoms with van der Waals surface area (Å²) in [4.78, 5) is 37.7. The van der Waals surface area contributed by atoms with Gasteiger partial charge < -0.3 is 25.9 Å². The molecule has 66 valence electrons. The molecule has 11 heteroatoms. The van der Waals surface area contributed by atoms with Gasteiger partial charge in [0.25, 0.3) is 0 Å². The summed E-state index contributed by atoms with van der Waals surface area (Å²) in [5, 5.41) is 0. The summed E-state index contributed by atoms with van der Waals surface area (Å²) in [5.74, 6) is 0. The van der Waals surface area contributed by atoms with Gasteiger partial charge >= 0.3 is 64.9 Å². The Morgan fingerprint density at radius 1 is 1.18 bits per heavy atom. The van der Waals surface area contributed by atoms with Crippen LogP contribution in [0.4, 0.5) is 0 Å². The van der Waals surface area contributed by atoms with Gasteiger partial charge in [-0.05, 0) is 11.8 Å². The number of rotatable bonds is 0. The van der Waals surface area contributed by atoms with Gasteiger partial charge in [-0.3, -0.25) is 0 Å². The van der Waals surface area contributed by atoms with Crippen molar-refractivity contribution >= 4 is 37.6 Å². The molecule has 0 bridgehead atoms. The van der Waals surface area contributed by atoms with Crippen LogP contribution >= 0.6 is 25.8 Å². The third-order valence-corrected chi connectivity index (χ3v) is 0. The molecule has 0 rings (SSSR count). The zero-order chi connectivity index (χ0) is 9.00. The summed E-state index contributed by atoms with van der Waals surface area (Å²) in [7, 11) is 0. The number of hydrogen-bond donors (Lipinski definition) is 6. The van der Waals surface area contributed by atoms with Gasteiger partial charge in [0.15, 0.2) is 0 Å². The summed E-state index contributed by atoms with van der Waals surface area (Å²) < 4.78 is 9.19. The van der Waals surface area contributed by atoms with Crippen LogP contribution in [0, 0.1) is 0 Å². The van der Waals surface area contributed by atoms with E-state index in [1.54, 1.807) is 0 Å². The van der Waals surface area contributed by atoms with E-state index in [1.807, 2.05) is 0 Å². The predicted octanol–water partition coefficient (Wildman–Crippen LogP) is -3.69. The van der Waals surface area contributed by atoms with Crippen molar-refractivity contribution in [2.75, 3.05) is 0 Å². The van der Waals surface area contributed by atoms with Gasteiger partial charge in [0.05, 0.1) is 0 Å². The van der Waals surface area contributed by atoms with E-state index >= 15 is 0 Å². The Labute approximate surface area is 118 Å². The molecule has 11 heavy (non-hydrogen) atoms. The Kier molecular flexibility index (Phi) is 14.0. The first-order valence-electron chi connectivity index (χ1n) is 1.57. The van der Waals surface area contributed by atoms with Crippen LogP contribution in [0.3, 0.4) is 0 Å². The standard InChI is InChI=1S/K.2H3O3PS.H/c;2*1-4(2,3)5;/h;2*(H3,1,2,3,5);/q+1;;;-1. The molecule has 6 nitrogen and oxygen atoms in total. The van der Waals surface area contributed by atoms with E-state index in [0.29, 0.717) is 0 Å².